The Morgan fingerprint density at radius 2 is 1.59 bits per heavy atom. The molecule has 0 aliphatic carbocycles. The molecular formula is C27H36N4O2S. The largest absolute Gasteiger partial charge is 0.497 e. The van der Waals surface area contributed by atoms with Crippen LogP contribution in [0, 0.1) is 0 Å². The number of rotatable bonds is 10. The fraction of sp³-hybridized carbons (Fsp3) is 0.444. The predicted octanol–water partition coefficient (Wildman–Crippen LogP) is 6.90. The molecule has 0 fully saturated rings. The van der Waals surface area contributed by atoms with Crippen LogP contribution in [-0.4, -0.2) is 33.5 Å². The topological polar surface area (TPSA) is 69.0 Å². The van der Waals surface area contributed by atoms with Crippen molar-refractivity contribution >= 4 is 23.4 Å². The molecule has 1 heterocycles. The second-order valence-corrected chi connectivity index (χ2v) is 10.3. The van der Waals surface area contributed by atoms with Crippen LogP contribution in [0.4, 0.5) is 5.69 Å². The van der Waals surface area contributed by atoms with Crippen molar-refractivity contribution in [1.29, 1.82) is 0 Å². The van der Waals surface area contributed by atoms with Gasteiger partial charge in [0.25, 0.3) is 0 Å². The van der Waals surface area contributed by atoms with Crippen LogP contribution in [0.1, 0.15) is 77.0 Å². The Morgan fingerprint density at radius 3 is 2.12 bits per heavy atom. The highest BCUT2D eigenvalue weighted by molar-refractivity contribution is 7.99. The summed E-state index contributed by atoms with van der Waals surface area (Å²) in [7, 11) is 1.65. The van der Waals surface area contributed by atoms with Gasteiger partial charge in [-0.1, -0.05) is 57.7 Å². The number of hydrogen-bond donors (Lipinski definition) is 1. The van der Waals surface area contributed by atoms with Crippen molar-refractivity contribution in [3.8, 4) is 17.1 Å². The highest BCUT2D eigenvalue weighted by Gasteiger charge is 2.19. The number of methoxy groups -OCH3 is 1. The van der Waals surface area contributed by atoms with Crippen LogP contribution in [0.15, 0.2) is 47.6 Å². The number of carbonyl (C=O) groups is 1. The van der Waals surface area contributed by atoms with Crippen LogP contribution in [0.3, 0.4) is 0 Å². The normalized spacial score (nSPS) is 11.5. The molecule has 0 aliphatic rings. The lowest BCUT2D eigenvalue weighted by Crippen LogP contribution is -2.16. The summed E-state index contributed by atoms with van der Waals surface area (Å²) in [5.74, 6) is 2.94. The molecule has 1 amide bonds. The molecule has 0 unspecified atom stereocenters. The molecule has 6 nitrogen and oxygen atoms in total. The summed E-state index contributed by atoms with van der Waals surface area (Å²) >= 11 is 1.56. The molecular weight excluding hydrogens is 444 g/mol. The fourth-order valence-corrected chi connectivity index (χ4v) is 4.92. The Morgan fingerprint density at radius 1 is 0.971 bits per heavy atom. The maximum atomic E-state index is 12.9. The van der Waals surface area contributed by atoms with Gasteiger partial charge in [-0.05, 0) is 61.1 Å². The standard InChI is InChI=1S/C27H36N4O2S/c1-17(2)22-9-8-10-23(18(3)4)25(22)28-24(32)15-16-34-27-30-29-26(31(27)19(5)6)20-11-13-21(33-7)14-12-20/h8-14,17-19H,15-16H2,1-7H3,(H,28,32). The molecule has 1 aromatic heterocycles. The molecule has 0 aliphatic heterocycles. The smallest absolute Gasteiger partial charge is 0.225 e. The van der Waals surface area contributed by atoms with Gasteiger partial charge in [0, 0.05) is 29.5 Å². The van der Waals surface area contributed by atoms with E-state index in [2.05, 4.69) is 79.8 Å². The molecule has 2 aromatic carbocycles. The van der Waals surface area contributed by atoms with Gasteiger partial charge < -0.3 is 10.1 Å². The second-order valence-electron chi connectivity index (χ2n) is 9.27. The van der Waals surface area contributed by atoms with Gasteiger partial charge in [0.15, 0.2) is 11.0 Å². The summed E-state index contributed by atoms with van der Waals surface area (Å²) in [6, 6.07) is 14.3. The summed E-state index contributed by atoms with van der Waals surface area (Å²) in [5.41, 5.74) is 4.31. The Labute approximate surface area is 207 Å². The SMILES string of the molecule is COc1ccc(-c2nnc(SCCC(=O)Nc3c(C(C)C)cccc3C(C)C)n2C(C)C)cc1. The third kappa shape index (κ3) is 6.00. The van der Waals surface area contributed by atoms with E-state index in [1.165, 1.54) is 11.1 Å². The van der Waals surface area contributed by atoms with Gasteiger partial charge in [0.2, 0.25) is 5.91 Å². The van der Waals surface area contributed by atoms with Crippen LogP contribution in [0.25, 0.3) is 11.4 Å². The maximum absolute atomic E-state index is 12.9. The van der Waals surface area contributed by atoms with Crippen molar-refractivity contribution in [3.05, 3.63) is 53.6 Å². The summed E-state index contributed by atoms with van der Waals surface area (Å²) in [6.07, 6.45) is 0.400. The van der Waals surface area contributed by atoms with Crippen LogP contribution in [0.2, 0.25) is 0 Å². The van der Waals surface area contributed by atoms with E-state index in [1.54, 1.807) is 18.9 Å². The van der Waals surface area contributed by atoms with Gasteiger partial charge >= 0.3 is 0 Å². The Kier molecular flexibility index (Phi) is 8.78. The minimum absolute atomic E-state index is 0.0218. The molecule has 1 N–H and O–H groups in total. The molecule has 182 valence electrons. The number of anilines is 1. The summed E-state index contributed by atoms with van der Waals surface area (Å²) in [6.45, 7) is 12.9. The third-order valence-corrected chi connectivity index (χ3v) is 6.67. The first-order valence-corrected chi connectivity index (χ1v) is 12.9. The lowest BCUT2D eigenvalue weighted by atomic mass is 9.92. The molecule has 0 spiro atoms. The molecule has 3 rings (SSSR count). The van der Waals surface area contributed by atoms with E-state index >= 15 is 0 Å². The second kappa shape index (κ2) is 11.6. The number of benzene rings is 2. The molecule has 0 saturated heterocycles. The molecule has 7 heteroatoms. The van der Waals surface area contributed by atoms with Crippen molar-refractivity contribution in [2.45, 2.75) is 71.0 Å². The van der Waals surface area contributed by atoms with Crippen LogP contribution in [-0.2, 0) is 4.79 Å². The summed E-state index contributed by atoms with van der Waals surface area (Å²) in [5, 5.41) is 12.9. The first-order chi connectivity index (χ1) is 16.2. The predicted molar refractivity (Wildman–Crippen MR) is 141 cm³/mol. The zero-order chi connectivity index (χ0) is 24.8. The van der Waals surface area contributed by atoms with Crippen LogP contribution in [0.5, 0.6) is 5.75 Å². The fourth-order valence-electron chi connectivity index (χ4n) is 3.91. The quantitative estimate of drug-likeness (QED) is 0.320. The van der Waals surface area contributed by atoms with E-state index in [-0.39, 0.29) is 11.9 Å². The monoisotopic (exact) mass is 480 g/mol. The summed E-state index contributed by atoms with van der Waals surface area (Å²) < 4.78 is 7.38. The van der Waals surface area contributed by atoms with Gasteiger partial charge in [0.05, 0.1) is 7.11 Å². The van der Waals surface area contributed by atoms with Gasteiger partial charge in [0.1, 0.15) is 5.75 Å². The van der Waals surface area contributed by atoms with Crippen molar-refractivity contribution < 1.29 is 9.53 Å². The molecule has 3 aromatic rings. The van der Waals surface area contributed by atoms with E-state index in [9.17, 15) is 4.79 Å². The maximum Gasteiger partial charge on any atom is 0.225 e. The van der Waals surface area contributed by atoms with Crippen molar-refractivity contribution in [2.24, 2.45) is 0 Å². The molecule has 0 bridgehead atoms. The van der Waals surface area contributed by atoms with Gasteiger partial charge in [-0.25, -0.2) is 0 Å². The Hall–Kier alpha value is -2.80. The van der Waals surface area contributed by atoms with E-state index in [1.807, 2.05) is 24.3 Å². The number of thioether (sulfide) groups is 1. The number of amides is 1. The number of nitrogens with one attached hydrogen (secondary N) is 1. The van der Waals surface area contributed by atoms with Crippen LogP contribution < -0.4 is 10.1 Å². The number of hydrogen-bond acceptors (Lipinski definition) is 5. The first-order valence-electron chi connectivity index (χ1n) is 11.9. The van der Waals surface area contributed by atoms with Gasteiger partial charge in [-0.15, -0.1) is 10.2 Å². The number of carbonyl (C=O) groups excluding carboxylic acids is 1. The van der Waals surface area contributed by atoms with E-state index in [0.717, 1.165) is 28.0 Å². The van der Waals surface area contributed by atoms with E-state index in [4.69, 9.17) is 4.74 Å². The Bertz CT molecular complexity index is 1080. The number of para-hydroxylation sites is 1. The molecule has 0 radical (unpaired) electrons. The summed E-state index contributed by atoms with van der Waals surface area (Å²) in [4.78, 5) is 12.9. The highest BCUT2D eigenvalue weighted by Crippen LogP contribution is 2.33. The molecule has 0 atom stereocenters. The van der Waals surface area contributed by atoms with Crippen molar-refractivity contribution in [1.82, 2.24) is 14.8 Å². The lowest BCUT2D eigenvalue weighted by molar-refractivity contribution is -0.115. The average Bonchev–Trinajstić information content (AvgIpc) is 3.23. The Balaban J connectivity index is 1.70. The van der Waals surface area contributed by atoms with Crippen molar-refractivity contribution in [2.75, 3.05) is 18.2 Å². The zero-order valence-electron chi connectivity index (χ0n) is 21.3. The molecule has 34 heavy (non-hydrogen) atoms. The lowest BCUT2D eigenvalue weighted by Gasteiger charge is -2.20. The van der Waals surface area contributed by atoms with Crippen molar-refractivity contribution in [3.63, 3.8) is 0 Å². The van der Waals surface area contributed by atoms with Gasteiger partial charge in [-0.2, -0.15) is 0 Å². The third-order valence-electron chi connectivity index (χ3n) is 5.73. The average molecular weight is 481 g/mol. The van der Waals surface area contributed by atoms with E-state index < -0.39 is 0 Å². The zero-order valence-corrected chi connectivity index (χ0v) is 22.1. The number of aromatic nitrogens is 3. The van der Waals surface area contributed by atoms with Gasteiger partial charge in [-0.3, -0.25) is 9.36 Å². The minimum atomic E-state index is 0.0218. The number of nitrogens with zero attached hydrogens (tertiary/aromatic N) is 3. The highest BCUT2D eigenvalue weighted by atomic mass is 32.2. The van der Waals surface area contributed by atoms with E-state index in [0.29, 0.717) is 24.0 Å². The van der Waals surface area contributed by atoms with Crippen LogP contribution >= 0.6 is 11.8 Å². The first kappa shape index (κ1) is 25.8. The number of ether oxygens (including phenoxy) is 1. The molecule has 0 saturated carbocycles. The minimum Gasteiger partial charge on any atom is -0.497 e.